The van der Waals surface area contributed by atoms with Gasteiger partial charge in [-0.3, -0.25) is 9.69 Å². The van der Waals surface area contributed by atoms with Crippen molar-refractivity contribution in [3.8, 4) is 0 Å². The number of likely N-dealkylation sites (tertiary alicyclic amines) is 1. The first-order chi connectivity index (χ1) is 12.0. The molecule has 1 aromatic rings. The number of carbonyl (C=O) groups is 2. The molecule has 2 N–H and O–H groups in total. The molecule has 0 spiro atoms. The van der Waals surface area contributed by atoms with Gasteiger partial charge in [0.25, 0.3) is 0 Å². The number of carbonyl (C=O) groups excluding carboxylic acids is 2. The van der Waals surface area contributed by atoms with Crippen molar-refractivity contribution >= 4 is 11.9 Å². The smallest absolute Gasteiger partial charge is 0.317 e. The summed E-state index contributed by atoms with van der Waals surface area (Å²) >= 11 is 0. The Morgan fingerprint density at radius 1 is 1.28 bits per heavy atom. The number of benzene rings is 1. The number of urea groups is 1. The summed E-state index contributed by atoms with van der Waals surface area (Å²) in [6.45, 7) is 5.37. The molecule has 136 valence electrons. The summed E-state index contributed by atoms with van der Waals surface area (Å²) in [6.07, 6.45) is 1.79. The Balaban J connectivity index is 1.43. The van der Waals surface area contributed by atoms with Gasteiger partial charge in [0.05, 0.1) is 12.6 Å². The van der Waals surface area contributed by atoms with Gasteiger partial charge in [0.2, 0.25) is 5.91 Å². The molecule has 0 radical (unpaired) electrons. The molecule has 2 saturated heterocycles. The third-order valence-electron chi connectivity index (χ3n) is 5.00. The van der Waals surface area contributed by atoms with Gasteiger partial charge in [-0.1, -0.05) is 12.1 Å². The van der Waals surface area contributed by atoms with E-state index in [9.17, 15) is 14.0 Å². The van der Waals surface area contributed by atoms with Gasteiger partial charge < -0.3 is 15.5 Å². The maximum atomic E-state index is 13.0. The second kappa shape index (κ2) is 7.82. The summed E-state index contributed by atoms with van der Waals surface area (Å²) in [6, 6.07) is 6.33. The number of halogens is 1. The Morgan fingerprint density at radius 2 is 1.96 bits per heavy atom. The van der Waals surface area contributed by atoms with Crippen LogP contribution in [0.3, 0.4) is 0 Å². The Hall–Kier alpha value is -2.15. The van der Waals surface area contributed by atoms with Gasteiger partial charge in [0.15, 0.2) is 0 Å². The van der Waals surface area contributed by atoms with Gasteiger partial charge in [-0.25, -0.2) is 9.18 Å². The molecule has 3 amide bonds. The number of nitrogens with zero attached hydrogens (tertiary/aromatic N) is 2. The van der Waals surface area contributed by atoms with E-state index < -0.39 is 0 Å². The van der Waals surface area contributed by atoms with E-state index in [-0.39, 0.29) is 29.8 Å². The highest BCUT2D eigenvalue weighted by Crippen LogP contribution is 2.18. The van der Waals surface area contributed by atoms with Crippen molar-refractivity contribution in [2.24, 2.45) is 0 Å². The first-order valence-electron chi connectivity index (χ1n) is 8.84. The van der Waals surface area contributed by atoms with E-state index in [1.165, 1.54) is 12.1 Å². The van der Waals surface area contributed by atoms with E-state index in [0.29, 0.717) is 6.54 Å². The highest BCUT2D eigenvalue weighted by atomic mass is 19.1. The van der Waals surface area contributed by atoms with E-state index in [1.54, 1.807) is 12.1 Å². The lowest BCUT2D eigenvalue weighted by Crippen LogP contribution is -2.48. The zero-order chi connectivity index (χ0) is 17.8. The first kappa shape index (κ1) is 17.7. The Labute approximate surface area is 147 Å². The van der Waals surface area contributed by atoms with Crippen molar-refractivity contribution < 1.29 is 14.0 Å². The van der Waals surface area contributed by atoms with E-state index in [0.717, 1.165) is 44.6 Å². The number of hydrogen-bond donors (Lipinski definition) is 2. The zero-order valence-corrected chi connectivity index (χ0v) is 14.5. The normalized spacial score (nSPS) is 20.4. The van der Waals surface area contributed by atoms with E-state index in [2.05, 4.69) is 15.5 Å². The van der Waals surface area contributed by atoms with Crippen LogP contribution in [0.25, 0.3) is 0 Å². The van der Waals surface area contributed by atoms with E-state index >= 15 is 0 Å². The predicted octanol–water partition coefficient (Wildman–Crippen LogP) is 1.49. The SMILES string of the molecule is CC(NC(=O)CN1CCC(N2CCNC2=O)CC1)c1ccc(F)cc1. The molecule has 2 fully saturated rings. The van der Waals surface area contributed by atoms with E-state index in [4.69, 9.17) is 0 Å². The van der Waals surface area contributed by atoms with Crippen LogP contribution in [0.5, 0.6) is 0 Å². The maximum Gasteiger partial charge on any atom is 0.317 e. The maximum absolute atomic E-state index is 13.0. The lowest BCUT2D eigenvalue weighted by molar-refractivity contribution is -0.123. The van der Waals surface area contributed by atoms with Crippen LogP contribution in [-0.2, 0) is 4.79 Å². The molecule has 0 bridgehead atoms. The Bertz CT molecular complexity index is 614. The molecule has 1 atom stereocenters. The number of hydrogen-bond acceptors (Lipinski definition) is 3. The monoisotopic (exact) mass is 348 g/mol. The van der Waals surface area contributed by atoms with Crippen LogP contribution in [0, 0.1) is 5.82 Å². The molecule has 0 aromatic heterocycles. The molecule has 6 nitrogen and oxygen atoms in total. The minimum Gasteiger partial charge on any atom is -0.348 e. The van der Waals surface area contributed by atoms with Gasteiger partial charge in [-0.15, -0.1) is 0 Å². The Kier molecular flexibility index (Phi) is 5.53. The molecule has 25 heavy (non-hydrogen) atoms. The largest absolute Gasteiger partial charge is 0.348 e. The third-order valence-corrected chi connectivity index (χ3v) is 5.00. The molecule has 0 saturated carbocycles. The fourth-order valence-corrected chi connectivity index (χ4v) is 3.55. The van der Waals surface area contributed by atoms with Crippen LogP contribution >= 0.6 is 0 Å². The number of piperidine rings is 1. The molecule has 0 aliphatic carbocycles. The average molecular weight is 348 g/mol. The fraction of sp³-hybridized carbons (Fsp3) is 0.556. The van der Waals surface area contributed by atoms with Crippen molar-refractivity contribution in [2.45, 2.75) is 31.8 Å². The van der Waals surface area contributed by atoms with Gasteiger partial charge in [-0.2, -0.15) is 0 Å². The van der Waals surface area contributed by atoms with Crippen LogP contribution in [-0.4, -0.2) is 60.5 Å². The van der Waals surface area contributed by atoms with Crippen molar-refractivity contribution in [3.63, 3.8) is 0 Å². The highest BCUT2D eigenvalue weighted by Gasteiger charge is 2.31. The molecule has 7 heteroatoms. The standard InChI is InChI=1S/C18H25FN4O2/c1-13(14-2-4-15(19)5-3-14)21-17(24)12-22-9-6-16(7-10-22)23-11-8-20-18(23)25/h2-5,13,16H,6-12H2,1H3,(H,20,25)(H,21,24). The number of nitrogens with one attached hydrogen (secondary N) is 2. The van der Waals surface area contributed by atoms with Crippen LogP contribution in [0.4, 0.5) is 9.18 Å². The molecule has 1 unspecified atom stereocenters. The quantitative estimate of drug-likeness (QED) is 0.847. The predicted molar refractivity (Wildman–Crippen MR) is 92.5 cm³/mol. The zero-order valence-electron chi connectivity index (χ0n) is 14.5. The van der Waals surface area contributed by atoms with Crippen LogP contribution in [0.1, 0.15) is 31.4 Å². The number of rotatable bonds is 5. The second-order valence-corrected chi connectivity index (χ2v) is 6.77. The van der Waals surface area contributed by atoms with Crippen molar-refractivity contribution in [2.75, 3.05) is 32.7 Å². The van der Waals surface area contributed by atoms with Crippen molar-refractivity contribution in [3.05, 3.63) is 35.6 Å². The molecule has 2 aliphatic heterocycles. The second-order valence-electron chi connectivity index (χ2n) is 6.77. The van der Waals surface area contributed by atoms with Gasteiger partial charge in [-0.05, 0) is 37.5 Å². The van der Waals surface area contributed by atoms with Crippen LogP contribution in [0.2, 0.25) is 0 Å². The minimum atomic E-state index is -0.281. The van der Waals surface area contributed by atoms with Gasteiger partial charge in [0.1, 0.15) is 5.82 Å². The van der Waals surface area contributed by atoms with Crippen molar-refractivity contribution in [1.82, 2.24) is 20.4 Å². The first-order valence-corrected chi connectivity index (χ1v) is 8.84. The molecule has 1 aromatic carbocycles. The summed E-state index contributed by atoms with van der Waals surface area (Å²) in [7, 11) is 0. The lowest BCUT2D eigenvalue weighted by atomic mass is 10.0. The summed E-state index contributed by atoms with van der Waals surface area (Å²) in [4.78, 5) is 28.0. The topological polar surface area (TPSA) is 64.7 Å². The summed E-state index contributed by atoms with van der Waals surface area (Å²) in [5, 5.41) is 5.80. The van der Waals surface area contributed by atoms with Gasteiger partial charge >= 0.3 is 6.03 Å². The van der Waals surface area contributed by atoms with Crippen LogP contribution in [0.15, 0.2) is 24.3 Å². The molecule has 3 rings (SSSR count). The summed E-state index contributed by atoms with van der Waals surface area (Å²) in [5.74, 6) is -0.314. The lowest BCUT2D eigenvalue weighted by Gasteiger charge is -2.35. The molecule has 2 aliphatic rings. The van der Waals surface area contributed by atoms with Crippen LogP contribution < -0.4 is 10.6 Å². The minimum absolute atomic E-state index is 0.0318. The van der Waals surface area contributed by atoms with E-state index in [1.807, 2.05) is 11.8 Å². The highest BCUT2D eigenvalue weighted by molar-refractivity contribution is 5.78. The van der Waals surface area contributed by atoms with Gasteiger partial charge in [0, 0.05) is 32.2 Å². The third kappa shape index (κ3) is 4.48. The molecule has 2 heterocycles. The average Bonchev–Trinajstić information content (AvgIpc) is 3.02. The Morgan fingerprint density at radius 3 is 2.56 bits per heavy atom. The fourth-order valence-electron chi connectivity index (χ4n) is 3.55. The summed E-state index contributed by atoms with van der Waals surface area (Å²) in [5.41, 5.74) is 0.883. The molecular formula is C18H25FN4O2. The number of amides is 3. The van der Waals surface area contributed by atoms with Crippen molar-refractivity contribution in [1.29, 1.82) is 0 Å². The molecular weight excluding hydrogens is 323 g/mol. The summed E-state index contributed by atoms with van der Waals surface area (Å²) < 4.78 is 13.0.